The van der Waals surface area contributed by atoms with Gasteiger partial charge in [-0.2, -0.15) is 0 Å². The van der Waals surface area contributed by atoms with Crippen molar-refractivity contribution in [3.8, 4) is 0 Å². The fourth-order valence-corrected chi connectivity index (χ4v) is 1.93. The van der Waals surface area contributed by atoms with Crippen LogP contribution in [0.4, 0.5) is 0 Å². The number of methoxy groups -OCH3 is 2. The van der Waals surface area contributed by atoms with Crippen molar-refractivity contribution in [1.82, 2.24) is 5.32 Å². The van der Waals surface area contributed by atoms with E-state index in [4.69, 9.17) is 32.7 Å². The van der Waals surface area contributed by atoms with Crippen LogP contribution in [0.15, 0.2) is 18.2 Å². The molecule has 0 atom stereocenters. The maximum absolute atomic E-state index is 5.94. The summed E-state index contributed by atoms with van der Waals surface area (Å²) < 4.78 is 10.2. The fourth-order valence-electron chi connectivity index (χ4n) is 1.61. The fraction of sp³-hybridized carbons (Fsp3) is 0.538. The van der Waals surface area contributed by atoms with Gasteiger partial charge in [0.05, 0.1) is 10.0 Å². The number of halogens is 2. The van der Waals surface area contributed by atoms with Gasteiger partial charge in [0.15, 0.2) is 6.29 Å². The normalized spacial score (nSPS) is 11.2. The molecule has 0 unspecified atom stereocenters. The molecule has 0 radical (unpaired) electrons. The van der Waals surface area contributed by atoms with Gasteiger partial charge < -0.3 is 14.8 Å². The van der Waals surface area contributed by atoms with E-state index in [0.29, 0.717) is 10.0 Å². The molecule has 0 aliphatic carbocycles. The molecule has 102 valence electrons. The molecule has 0 saturated heterocycles. The third kappa shape index (κ3) is 5.55. The van der Waals surface area contributed by atoms with E-state index in [2.05, 4.69) is 5.32 Å². The van der Waals surface area contributed by atoms with Gasteiger partial charge in [-0.3, -0.25) is 0 Å². The van der Waals surface area contributed by atoms with E-state index < -0.39 is 0 Å². The quantitative estimate of drug-likeness (QED) is 0.588. The van der Waals surface area contributed by atoms with E-state index in [-0.39, 0.29) is 6.29 Å². The van der Waals surface area contributed by atoms with Gasteiger partial charge >= 0.3 is 0 Å². The number of hydrogen-bond acceptors (Lipinski definition) is 3. The molecule has 18 heavy (non-hydrogen) atoms. The standard InChI is InChI=1S/C13H19Cl2NO2/c1-17-13(18-2)4-3-7-16-9-10-5-6-11(14)12(15)8-10/h5-6,8,13,16H,3-4,7,9H2,1-2H3. The highest BCUT2D eigenvalue weighted by Gasteiger charge is 2.04. The number of benzene rings is 1. The summed E-state index contributed by atoms with van der Waals surface area (Å²) in [5.74, 6) is 0. The van der Waals surface area contributed by atoms with Gasteiger partial charge in [-0.25, -0.2) is 0 Å². The summed E-state index contributed by atoms with van der Waals surface area (Å²) in [6, 6.07) is 5.66. The number of ether oxygens (including phenoxy) is 2. The number of rotatable bonds is 8. The molecule has 0 aromatic heterocycles. The lowest BCUT2D eigenvalue weighted by atomic mass is 10.2. The summed E-state index contributed by atoms with van der Waals surface area (Å²) in [5.41, 5.74) is 1.12. The molecule has 0 aliphatic heterocycles. The molecular formula is C13H19Cl2NO2. The molecule has 0 fully saturated rings. The summed E-state index contributed by atoms with van der Waals surface area (Å²) in [6.07, 6.45) is 1.76. The average molecular weight is 292 g/mol. The Balaban J connectivity index is 2.19. The number of hydrogen-bond donors (Lipinski definition) is 1. The minimum Gasteiger partial charge on any atom is -0.356 e. The van der Waals surface area contributed by atoms with Crippen LogP contribution in [-0.2, 0) is 16.0 Å². The third-order valence-electron chi connectivity index (χ3n) is 2.63. The molecule has 1 rings (SSSR count). The number of nitrogens with one attached hydrogen (secondary N) is 1. The summed E-state index contributed by atoms with van der Waals surface area (Å²) in [4.78, 5) is 0. The highest BCUT2D eigenvalue weighted by Crippen LogP contribution is 2.22. The zero-order valence-electron chi connectivity index (χ0n) is 10.7. The van der Waals surface area contributed by atoms with Crippen molar-refractivity contribution < 1.29 is 9.47 Å². The molecule has 0 saturated carbocycles. The Kier molecular flexibility index (Phi) is 7.63. The van der Waals surface area contributed by atoms with Crippen LogP contribution in [0.5, 0.6) is 0 Å². The Morgan fingerprint density at radius 3 is 2.50 bits per heavy atom. The average Bonchev–Trinajstić information content (AvgIpc) is 2.38. The zero-order valence-corrected chi connectivity index (χ0v) is 12.2. The first-order valence-electron chi connectivity index (χ1n) is 5.87. The lowest BCUT2D eigenvalue weighted by molar-refractivity contribution is -0.106. The van der Waals surface area contributed by atoms with Crippen LogP contribution in [0.2, 0.25) is 10.0 Å². The van der Waals surface area contributed by atoms with Gasteiger partial charge in [0.1, 0.15) is 0 Å². The summed E-state index contributed by atoms with van der Waals surface area (Å²) in [7, 11) is 3.30. The highest BCUT2D eigenvalue weighted by molar-refractivity contribution is 6.42. The van der Waals surface area contributed by atoms with Crippen LogP contribution in [0.3, 0.4) is 0 Å². The lowest BCUT2D eigenvalue weighted by Crippen LogP contribution is -2.19. The third-order valence-corrected chi connectivity index (χ3v) is 3.37. The second-order valence-electron chi connectivity index (χ2n) is 3.97. The minimum atomic E-state index is -0.114. The zero-order chi connectivity index (χ0) is 13.4. The van der Waals surface area contributed by atoms with Crippen molar-refractivity contribution >= 4 is 23.2 Å². The monoisotopic (exact) mass is 291 g/mol. The van der Waals surface area contributed by atoms with Crippen molar-refractivity contribution in [2.24, 2.45) is 0 Å². The lowest BCUT2D eigenvalue weighted by Gasteiger charge is -2.13. The molecule has 1 aromatic rings. The molecule has 1 aromatic carbocycles. The van der Waals surface area contributed by atoms with Crippen molar-refractivity contribution in [3.63, 3.8) is 0 Å². The van der Waals surface area contributed by atoms with Gasteiger partial charge in [0.2, 0.25) is 0 Å². The van der Waals surface area contributed by atoms with E-state index in [1.54, 1.807) is 14.2 Å². The first-order valence-corrected chi connectivity index (χ1v) is 6.63. The van der Waals surface area contributed by atoms with E-state index in [1.165, 1.54) is 0 Å². The van der Waals surface area contributed by atoms with Crippen molar-refractivity contribution in [1.29, 1.82) is 0 Å². The molecule has 0 heterocycles. The molecule has 0 amide bonds. The van der Waals surface area contributed by atoms with Crippen LogP contribution in [0, 0.1) is 0 Å². The van der Waals surface area contributed by atoms with Gasteiger partial charge in [-0.15, -0.1) is 0 Å². The maximum Gasteiger partial charge on any atom is 0.156 e. The van der Waals surface area contributed by atoms with E-state index in [1.807, 2.05) is 18.2 Å². The van der Waals surface area contributed by atoms with E-state index in [9.17, 15) is 0 Å². The SMILES string of the molecule is COC(CCCNCc1ccc(Cl)c(Cl)c1)OC. The van der Waals surface area contributed by atoms with Gasteiger partial charge in [0.25, 0.3) is 0 Å². The largest absolute Gasteiger partial charge is 0.356 e. The molecule has 0 bridgehead atoms. The van der Waals surface area contributed by atoms with Crippen LogP contribution in [-0.4, -0.2) is 27.1 Å². The van der Waals surface area contributed by atoms with Crippen LogP contribution < -0.4 is 5.32 Å². The summed E-state index contributed by atoms with van der Waals surface area (Å²) in [6.45, 7) is 1.69. The van der Waals surface area contributed by atoms with Crippen LogP contribution in [0.25, 0.3) is 0 Å². The smallest absolute Gasteiger partial charge is 0.156 e. The summed E-state index contributed by atoms with van der Waals surface area (Å²) in [5, 5.41) is 4.52. The molecule has 5 heteroatoms. The van der Waals surface area contributed by atoms with Crippen LogP contribution in [0.1, 0.15) is 18.4 Å². The highest BCUT2D eigenvalue weighted by atomic mass is 35.5. The predicted octanol–water partition coefficient (Wildman–Crippen LogP) is 3.48. The first-order chi connectivity index (χ1) is 8.67. The van der Waals surface area contributed by atoms with Gasteiger partial charge in [-0.1, -0.05) is 29.3 Å². The van der Waals surface area contributed by atoms with Gasteiger partial charge in [-0.05, 0) is 37.1 Å². The Bertz CT molecular complexity index is 357. The molecule has 1 N–H and O–H groups in total. The minimum absolute atomic E-state index is 0.114. The first kappa shape index (κ1) is 15.7. The van der Waals surface area contributed by atoms with Gasteiger partial charge in [0, 0.05) is 20.8 Å². The second kappa shape index (κ2) is 8.73. The Morgan fingerprint density at radius 1 is 1.17 bits per heavy atom. The maximum atomic E-state index is 5.94. The van der Waals surface area contributed by atoms with E-state index >= 15 is 0 Å². The Labute approximate surface area is 118 Å². The molecule has 0 aliphatic rings. The Morgan fingerprint density at radius 2 is 1.89 bits per heavy atom. The topological polar surface area (TPSA) is 30.5 Å². The van der Waals surface area contributed by atoms with Crippen LogP contribution >= 0.6 is 23.2 Å². The summed E-state index contributed by atoms with van der Waals surface area (Å²) >= 11 is 11.8. The Hall–Kier alpha value is -0.320. The molecular weight excluding hydrogens is 273 g/mol. The van der Waals surface area contributed by atoms with E-state index in [0.717, 1.165) is 31.5 Å². The second-order valence-corrected chi connectivity index (χ2v) is 4.78. The molecule has 3 nitrogen and oxygen atoms in total. The van der Waals surface area contributed by atoms with Crippen molar-refractivity contribution in [2.75, 3.05) is 20.8 Å². The molecule has 0 spiro atoms. The predicted molar refractivity (Wildman–Crippen MR) is 75.2 cm³/mol. The van der Waals surface area contributed by atoms with Crippen molar-refractivity contribution in [2.45, 2.75) is 25.7 Å². The van der Waals surface area contributed by atoms with Crippen molar-refractivity contribution in [3.05, 3.63) is 33.8 Å².